The maximum absolute atomic E-state index is 12.5. The zero-order valence-corrected chi connectivity index (χ0v) is 16.6. The lowest BCUT2D eigenvalue weighted by Crippen LogP contribution is -2.30. The highest BCUT2D eigenvalue weighted by atomic mass is 32.2. The number of benzene rings is 2. The summed E-state index contributed by atoms with van der Waals surface area (Å²) in [7, 11) is 3.16. The first-order valence-corrected chi connectivity index (χ1v) is 9.56. The van der Waals surface area contributed by atoms with E-state index >= 15 is 0 Å². The molecule has 1 fully saturated rings. The summed E-state index contributed by atoms with van der Waals surface area (Å²) in [6.45, 7) is 0. The van der Waals surface area contributed by atoms with E-state index in [1.54, 1.807) is 26.3 Å². The number of carbonyl (C=O) groups is 3. The number of carbonyl (C=O) groups excluding carboxylic acids is 2. The van der Waals surface area contributed by atoms with Crippen molar-refractivity contribution in [2.24, 2.45) is 4.99 Å². The molecule has 0 aromatic heterocycles. The van der Waals surface area contributed by atoms with Gasteiger partial charge in [0.1, 0.15) is 16.7 Å². The van der Waals surface area contributed by atoms with Gasteiger partial charge in [-0.3, -0.25) is 14.5 Å². The molecule has 2 aromatic rings. The van der Waals surface area contributed by atoms with Crippen molar-refractivity contribution in [3.63, 3.8) is 0 Å². The Bertz CT molecular complexity index is 974. The summed E-state index contributed by atoms with van der Waals surface area (Å²) in [4.78, 5) is 41.7. The van der Waals surface area contributed by atoms with Crippen LogP contribution in [0.25, 0.3) is 0 Å². The molecule has 0 unspecified atom stereocenters. The Labute approximate surface area is 171 Å². The van der Waals surface area contributed by atoms with Crippen molar-refractivity contribution in [2.75, 3.05) is 19.5 Å². The molecule has 0 bridgehead atoms. The highest BCUT2D eigenvalue weighted by Gasteiger charge is 2.37. The Morgan fingerprint density at radius 3 is 2.55 bits per heavy atom. The van der Waals surface area contributed by atoms with Crippen LogP contribution >= 0.6 is 11.8 Å². The van der Waals surface area contributed by atoms with Gasteiger partial charge in [0.2, 0.25) is 11.8 Å². The van der Waals surface area contributed by atoms with E-state index in [-0.39, 0.29) is 23.8 Å². The van der Waals surface area contributed by atoms with Crippen LogP contribution in [0.15, 0.2) is 53.5 Å². The summed E-state index contributed by atoms with van der Waals surface area (Å²) >= 11 is 1.22. The Hall–Kier alpha value is -3.33. The summed E-state index contributed by atoms with van der Waals surface area (Å²) in [6.07, 6.45) is -0.0283. The lowest BCUT2D eigenvalue weighted by Gasteiger charge is -2.10. The molecule has 0 saturated carbocycles. The highest BCUT2D eigenvalue weighted by molar-refractivity contribution is 8.15. The van der Waals surface area contributed by atoms with E-state index in [1.807, 2.05) is 12.1 Å². The predicted molar refractivity (Wildman–Crippen MR) is 111 cm³/mol. The van der Waals surface area contributed by atoms with Gasteiger partial charge < -0.3 is 15.2 Å². The van der Waals surface area contributed by atoms with Crippen LogP contribution in [-0.4, -0.2) is 52.4 Å². The number of nitrogens with one attached hydrogen (secondary N) is 1. The fraction of sp³-hybridized carbons (Fsp3) is 0.200. The van der Waals surface area contributed by atoms with Gasteiger partial charge in [-0.25, -0.2) is 9.79 Å². The first-order valence-electron chi connectivity index (χ1n) is 8.68. The third-order valence-electron chi connectivity index (χ3n) is 4.23. The molecular weight excluding hydrogens is 394 g/mol. The lowest BCUT2D eigenvalue weighted by atomic mass is 10.2. The number of para-hydroxylation sites is 2. The first kappa shape index (κ1) is 20.4. The first-order chi connectivity index (χ1) is 13.9. The molecule has 0 radical (unpaired) electrons. The molecule has 0 aliphatic carbocycles. The minimum Gasteiger partial charge on any atom is -0.494 e. The van der Waals surface area contributed by atoms with Crippen LogP contribution in [0, 0.1) is 0 Å². The Morgan fingerprint density at radius 1 is 1.21 bits per heavy atom. The number of methoxy groups -OCH3 is 1. The number of amides is 2. The molecule has 2 amide bonds. The number of carboxylic acid groups (broad SMARTS) is 1. The number of aliphatic imine (C=N–C) groups is 1. The second-order valence-corrected chi connectivity index (χ2v) is 7.37. The SMILES string of the molecule is COc1ccccc1N=C1S[C@H](CC(=O)Nc2ccc(C(=O)O)cc2)C(=O)N1C. The standard InChI is InChI=1S/C20H19N3O5S/c1-23-18(25)16(29-20(23)22-14-5-3-4-6-15(14)28-2)11-17(24)21-13-9-7-12(8-10-13)19(26)27/h3-10,16H,11H2,1-2H3,(H,21,24)(H,26,27)/t16-/m1/s1. The van der Waals surface area contributed by atoms with E-state index in [2.05, 4.69) is 10.3 Å². The fourth-order valence-electron chi connectivity index (χ4n) is 2.70. The van der Waals surface area contributed by atoms with E-state index in [0.717, 1.165) is 0 Å². The average Bonchev–Trinajstić information content (AvgIpc) is 2.96. The zero-order valence-electron chi connectivity index (χ0n) is 15.8. The summed E-state index contributed by atoms with van der Waals surface area (Å²) < 4.78 is 5.28. The molecule has 2 N–H and O–H groups in total. The molecule has 150 valence electrons. The highest BCUT2D eigenvalue weighted by Crippen LogP contribution is 2.33. The third-order valence-corrected chi connectivity index (χ3v) is 5.46. The van der Waals surface area contributed by atoms with Crippen molar-refractivity contribution >= 4 is 46.1 Å². The minimum atomic E-state index is -1.04. The number of anilines is 1. The van der Waals surface area contributed by atoms with Crippen molar-refractivity contribution in [2.45, 2.75) is 11.7 Å². The Kier molecular flexibility index (Phi) is 6.18. The second kappa shape index (κ2) is 8.78. The lowest BCUT2D eigenvalue weighted by molar-refractivity contribution is -0.127. The molecular formula is C20H19N3O5S. The number of amidine groups is 1. The number of thioether (sulfide) groups is 1. The fourth-order valence-corrected chi connectivity index (χ4v) is 3.85. The monoisotopic (exact) mass is 413 g/mol. The maximum Gasteiger partial charge on any atom is 0.335 e. The van der Waals surface area contributed by atoms with Gasteiger partial charge in [0, 0.05) is 19.2 Å². The van der Waals surface area contributed by atoms with Crippen LogP contribution in [0.1, 0.15) is 16.8 Å². The van der Waals surface area contributed by atoms with Crippen LogP contribution in [0.4, 0.5) is 11.4 Å². The van der Waals surface area contributed by atoms with Gasteiger partial charge in [-0.2, -0.15) is 0 Å². The number of nitrogens with zero attached hydrogens (tertiary/aromatic N) is 2. The van der Waals surface area contributed by atoms with Gasteiger partial charge in [0.05, 0.1) is 12.7 Å². The van der Waals surface area contributed by atoms with Crippen molar-refractivity contribution in [1.82, 2.24) is 4.90 Å². The van der Waals surface area contributed by atoms with Gasteiger partial charge in [-0.15, -0.1) is 0 Å². The van der Waals surface area contributed by atoms with Crippen LogP contribution in [0.3, 0.4) is 0 Å². The molecule has 8 nitrogen and oxygen atoms in total. The van der Waals surface area contributed by atoms with Crippen molar-refractivity contribution in [1.29, 1.82) is 0 Å². The van der Waals surface area contributed by atoms with Gasteiger partial charge >= 0.3 is 5.97 Å². The average molecular weight is 413 g/mol. The molecule has 1 aliphatic rings. The summed E-state index contributed by atoms with van der Waals surface area (Å²) in [5.74, 6) is -1.00. The van der Waals surface area contributed by atoms with Crippen LogP contribution < -0.4 is 10.1 Å². The molecule has 9 heteroatoms. The number of hydrogen-bond donors (Lipinski definition) is 2. The van der Waals surface area contributed by atoms with E-state index in [0.29, 0.717) is 22.3 Å². The topological polar surface area (TPSA) is 108 Å². The number of rotatable bonds is 6. The quantitative estimate of drug-likeness (QED) is 0.754. The largest absolute Gasteiger partial charge is 0.494 e. The van der Waals surface area contributed by atoms with Gasteiger partial charge in [-0.05, 0) is 36.4 Å². The van der Waals surface area contributed by atoms with E-state index in [9.17, 15) is 14.4 Å². The van der Waals surface area contributed by atoms with Crippen LogP contribution in [-0.2, 0) is 9.59 Å². The molecule has 2 aromatic carbocycles. The Balaban J connectivity index is 1.67. The normalized spacial score (nSPS) is 17.4. The van der Waals surface area contributed by atoms with Gasteiger partial charge in [-0.1, -0.05) is 23.9 Å². The number of hydrogen-bond acceptors (Lipinski definition) is 6. The molecule has 1 heterocycles. The van der Waals surface area contributed by atoms with Crippen LogP contribution in [0.5, 0.6) is 5.75 Å². The van der Waals surface area contributed by atoms with Crippen molar-refractivity contribution in [3.05, 3.63) is 54.1 Å². The third kappa shape index (κ3) is 4.75. The van der Waals surface area contributed by atoms with Crippen molar-refractivity contribution in [3.8, 4) is 5.75 Å². The molecule has 0 spiro atoms. The molecule has 1 aliphatic heterocycles. The summed E-state index contributed by atoms with van der Waals surface area (Å²) in [5, 5.41) is 11.5. The van der Waals surface area contributed by atoms with Crippen molar-refractivity contribution < 1.29 is 24.2 Å². The van der Waals surface area contributed by atoms with E-state index < -0.39 is 11.2 Å². The number of aromatic carboxylic acids is 1. The van der Waals surface area contributed by atoms with Gasteiger partial charge in [0.15, 0.2) is 5.17 Å². The van der Waals surface area contributed by atoms with Crippen LogP contribution in [0.2, 0.25) is 0 Å². The van der Waals surface area contributed by atoms with E-state index in [1.165, 1.54) is 40.9 Å². The van der Waals surface area contributed by atoms with Gasteiger partial charge in [0.25, 0.3) is 0 Å². The molecule has 3 rings (SSSR count). The molecule has 29 heavy (non-hydrogen) atoms. The predicted octanol–water partition coefficient (Wildman–Crippen LogP) is 2.98. The summed E-state index contributed by atoms with van der Waals surface area (Å²) in [5.41, 5.74) is 1.19. The number of carboxylic acids is 1. The minimum absolute atomic E-state index is 0.0283. The van der Waals surface area contributed by atoms with E-state index in [4.69, 9.17) is 9.84 Å². The zero-order chi connectivity index (χ0) is 21.0. The molecule has 1 atom stereocenters. The number of ether oxygens (including phenoxy) is 1. The second-order valence-electron chi connectivity index (χ2n) is 6.20. The summed E-state index contributed by atoms with van der Waals surface area (Å²) in [6, 6.07) is 13.0. The molecule has 1 saturated heterocycles. The Morgan fingerprint density at radius 2 is 1.90 bits per heavy atom. The smallest absolute Gasteiger partial charge is 0.335 e. The maximum atomic E-state index is 12.5.